The van der Waals surface area contributed by atoms with Crippen molar-refractivity contribution in [2.75, 3.05) is 13.1 Å². The molecule has 1 heterocycles. The van der Waals surface area contributed by atoms with Crippen LogP contribution < -0.4 is 5.46 Å². The van der Waals surface area contributed by atoms with E-state index < -0.39 is 12.2 Å². The largest absolute Gasteiger partial charge is 0.494 e. The van der Waals surface area contributed by atoms with Gasteiger partial charge in [0, 0.05) is 19.6 Å². The summed E-state index contributed by atoms with van der Waals surface area (Å²) in [6.07, 6.45) is -0.856. The number of rotatable bonds is 7. The van der Waals surface area contributed by atoms with Crippen molar-refractivity contribution < 1.29 is 19.5 Å². The molecule has 1 saturated heterocycles. The van der Waals surface area contributed by atoms with Gasteiger partial charge in [0.2, 0.25) is 0 Å². The van der Waals surface area contributed by atoms with Crippen LogP contribution in [0.15, 0.2) is 24.3 Å². The highest BCUT2D eigenvalue weighted by atomic mass is 16.7. The van der Waals surface area contributed by atoms with E-state index in [0.29, 0.717) is 19.6 Å². The van der Waals surface area contributed by atoms with Crippen LogP contribution in [0.3, 0.4) is 0 Å². The van der Waals surface area contributed by atoms with Gasteiger partial charge in [-0.25, -0.2) is 0 Å². The lowest BCUT2D eigenvalue weighted by Crippen LogP contribution is -2.41. The fourth-order valence-electron chi connectivity index (χ4n) is 2.97. The van der Waals surface area contributed by atoms with Gasteiger partial charge in [-0.3, -0.25) is 4.90 Å². The molecular weight excluding hydrogens is 317 g/mol. The number of benzene rings is 1. The summed E-state index contributed by atoms with van der Waals surface area (Å²) in [5, 5.41) is 19.3. The molecule has 2 rings (SSSR count). The Balaban J connectivity index is 2.04. The predicted molar refractivity (Wildman–Crippen MR) is 101 cm³/mol. The smallest absolute Gasteiger partial charge is 0.399 e. The Bertz CT molecular complexity index is 531. The van der Waals surface area contributed by atoms with Crippen molar-refractivity contribution in [3.05, 3.63) is 29.8 Å². The molecule has 6 heteroatoms. The first-order valence-corrected chi connectivity index (χ1v) is 9.03. The van der Waals surface area contributed by atoms with E-state index in [1.807, 2.05) is 39.8 Å². The molecule has 0 saturated carbocycles. The van der Waals surface area contributed by atoms with Crippen molar-refractivity contribution in [2.24, 2.45) is 0 Å². The normalized spacial score (nSPS) is 21.6. The van der Waals surface area contributed by atoms with E-state index in [2.05, 4.69) is 17.0 Å². The second-order valence-corrected chi connectivity index (χ2v) is 8.22. The molecule has 0 amide bonds. The second-order valence-electron chi connectivity index (χ2n) is 8.22. The topological polar surface area (TPSA) is 62.2 Å². The molecular formula is C19H32BNO4. The van der Waals surface area contributed by atoms with E-state index in [4.69, 9.17) is 9.31 Å². The van der Waals surface area contributed by atoms with Crippen LogP contribution >= 0.6 is 0 Å². The average Bonchev–Trinajstić information content (AvgIpc) is 2.66. The molecule has 2 atom stereocenters. The van der Waals surface area contributed by atoms with Crippen LogP contribution in [0.5, 0.6) is 0 Å². The first-order valence-electron chi connectivity index (χ1n) is 9.03. The second kappa shape index (κ2) is 7.76. The maximum atomic E-state index is 9.64. The van der Waals surface area contributed by atoms with Crippen LogP contribution in [-0.4, -0.2) is 58.7 Å². The van der Waals surface area contributed by atoms with E-state index in [1.165, 1.54) is 0 Å². The summed E-state index contributed by atoms with van der Waals surface area (Å²) in [5.74, 6) is 0. The third kappa shape index (κ3) is 5.28. The summed E-state index contributed by atoms with van der Waals surface area (Å²) < 4.78 is 12.2. The molecule has 5 nitrogen and oxygen atoms in total. The summed E-state index contributed by atoms with van der Waals surface area (Å²) in [7, 11) is -0.356. The van der Waals surface area contributed by atoms with Crippen molar-refractivity contribution in [1.29, 1.82) is 0 Å². The zero-order chi connectivity index (χ0) is 18.8. The van der Waals surface area contributed by atoms with Crippen LogP contribution in [0, 0.1) is 0 Å². The van der Waals surface area contributed by atoms with Crippen molar-refractivity contribution in [3.63, 3.8) is 0 Å². The Morgan fingerprint density at radius 2 is 1.36 bits per heavy atom. The molecule has 0 aliphatic carbocycles. The number of hydrogen-bond donors (Lipinski definition) is 2. The lowest BCUT2D eigenvalue weighted by molar-refractivity contribution is 0.00578. The van der Waals surface area contributed by atoms with Gasteiger partial charge in [-0.2, -0.15) is 0 Å². The molecule has 1 aliphatic heterocycles. The van der Waals surface area contributed by atoms with Crippen molar-refractivity contribution >= 4 is 12.6 Å². The van der Waals surface area contributed by atoms with E-state index in [9.17, 15) is 10.2 Å². The molecule has 0 aromatic heterocycles. The van der Waals surface area contributed by atoms with Gasteiger partial charge in [0.15, 0.2) is 0 Å². The summed E-state index contributed by atoms with van der Waals surface area (Å²) in [4.78, 5) is 2.05. The minimum Gasteiger partial charge on any atom is -0.399 e. The van der Waals surface area contributed by atoms with Gasteiger partial charge in [-0.15, -0.1) is 0 Å². The summed E-state index contributed by atoms with van der Waals surface area (Å²) >= 11 is 0. The maximum absolute atomic E-state index is 9.64. The zero-order valence-corrected chi connectivity index (χ0v) is 16.3. The Labute approximate surface area is 152 Å². The van der Waals surface area contributed by atoms with Gasteiger partial charge in [-0.05, 0) is 52.6 Å². The van der Waals surface area contributed by atoms with E-state index in [-0.39, 0.29) is 18.3 Å². The maximum Gasteiger partial charge on any atom is 0.494 e. The molecule has 1 aliphatic rings. The van der Waals surface area contributed by atoms with Gasteiger partial charge >= 0.3 is 7.12 Å². The third-order valence-corrected chi connectivity index (χ3v) is 4.96. The predicted octanol–water partition coefficient (Wildman–Crippen LogP) is 1.55. The molecule has 0 spiro atoms. The summed E-state index contributed by atoms with van der Waals surface area (Å²) in [6.45, 7) is 13.5. The van der Waals surface area contributed by atoms with E-state index >= 15 is 0 Å². The Kier molecular flexibility index (Phi) is 6.33. The lowest BCUT2D eigenvalue weighted by atomic mass is 9.79. The van der Waals surface area contributed by atoms with Gasteiger partial charge in [-0.1, -0.05) is 24.3 Å². The Hall–Kier alpha value is -0.915. The Morgan fingerprint density at radius 3 is 1.76 bits per heavy atom. The number of aliphatic hydroxyl groups excluding tert-OH is 2. The van der Waals surface area contributed by atoms with Crippen LogP contribution in [-0.2, 0) is 15.9 Å². The standard InChI is InChI=1S/C19H32BNO4/c1-14(22)11-21(12-15(2)23)13-16-7-9-17(10-8-16)20-24-18(3,4)19(5,6)25-20/h7-10,14-15,22-23H,11-13H2,1-6H3. The van der Waals surface area contributed by atoms with Gasteiger partial charge in [0.25, 0.3) is 0 Å². The summed E-state index contributed by atoms with van der Waals surface area (Å²) in [5.41, 5.74) is 1.44. The number of aliphatic hydroxyl groups is 2. The van der Waals surface area contributed by atoms with E-state index in [0.717, 1.165) is 11.0 Å². The molecule has 140 valence electrons. The molecule has 25 heavy (non-hydrogen) atoms. The van der Waals surface area contributed by atoms with Gasteiger partial charge in [0.1, 0.15) is 0 Å². The quantitative estimate of drug-likeness (QED) is 0.732. The molecule has 2 N–H and O–H groups in total. The van der Waals surface area contributed by atoms with Crippen LogP contribution in [0.25, 0.3) is 0 Å². The number of nitrogens with zero attached hydrogens (tertiary/aromatic N) is 1. The number of hydrogen-bond acceptors (Lipinski definition) is 5. The monoisotopic (exact) mass is 349 g/mol. The lowest BCUT2D eigenvalue weighted by Gasteiger charge is -2.32. The first-order chi connectivity index (χ1) is 11.5. The molecule has 1 aromatic rings. The van der Waals surface area contributed by atoms with Gasteiger partial charge < -0.3 is 19.5 Å². The fraction of sp³-hybridized carbons (Fsp3) is 0.684. The molecule has 0 bridgehead atoms. The van der Waals surface area contributed by atoms with Crippen molar-refractivity contribution in [1.82, 2.24) is 4.90 Å². The Morgan fingerprint density at radius 1 is 0.920 bits per heavy atom. The first kappa shape index (κ1) is 20.4. The SMILES string of the molecule is CC(O)CN(Cc1ccc(B2OC(C)(C)C(C)(C)O2)cc1)CC(C)O. The van der Waals surface area contributed by atoms with Crippen LogP contribution in [0.4, 0.5) is 0 Å². The average molecular weight is 349 g/mol. The van der Waals surface area contributed by atoms with Gasteiger partial charge in [0.05, 0.1) is 23.4 Å². The van der Waals surface area contributed by atoms with E-state index in [1.54, 1.807) is 13.8 Å². The molecule has 2 unspecified atom stereocenters. The molecule has 1 aromatic carbocycles. The molecule has 1 fully saturated rings. The minimum absolute atomic E-state index is 0.346. The van der Waals surface area contributed by atoms with Crippen LogP contribution in [0.2, 0.25) is 0 Å². The third-order valence-electron chi connectivity index (χ3n) is 4.96. The fourth-order valence-corrected chi connectivity index (χ4v) is 2.97. The molecule has 0 radical (unpaired) electrons. The highest BCUT2D eigenvalue weighted by Crippen LogP contribution is 2.36. The minimum atomic E-state index is -0.428. The highest BCUT2D eigenvalue weighted by Gasteiger charge is 2.51. The van der Waals surface area contributed by atoms with Crippen LogP contribution in [0.1, 0.15) is 47.1 Å². The van der Waals surface area contributed by atoms with Crippen molar-refractivity contribution in [3.8, 4) is 0 Å². The zero-order valence-electron chi connectivity index (χ0n) is 16.3. The summed E-state index contributed by atoms with van der Waals surface area (Å²) in [6, 6.07) is 8.16. The van der Waals surface area contributed by atoms with Crippen molar-refractivity contribution in [2.45, 2.75) is 71.5 Å². The highest BCUT2D eigenvalue weighted by molar-refractivity contribution is 6.62.